The fourth-order valence-corrected chi connectivity index (χ4v) is 1.79. The molecule has 0 radical (unpaired) electrons. The van der Waals surface area contributed by atoms with Crippen LogP contribution in [-0.2, 0) is 0 Å². The number of benzene rings is 1. The third-order valence-corrected chi connectivity index (χ3v) is 2.79. The summed E-state index contributed by atoms with van der Waals surface area (Å²) in [5.74, 6) is 0.199. The van der Waals surface area contributed by atoms with E-state index in [0.717, 1.165) is 11.3 Å². The Hall–Kier alpha value is -2.34. The van der Waals surface area contributed by atoms with Gasteiger partial charge < -0.3 is 4.74 Å². The van der Waals surface area contributed by atoms with E-state index in [-0.39, 0.29) is 11.6 Å². The highest BCUT2D eigenvalue weighted by Crippen LogP contribution is 2.24. The second-order valence-electron chi connectivity index (χ2n) is 4.03. The Kier molecular flexibility index (Phi) is 4.37. The number of halogens is 1. The summed E-state index contributed by atoms with van der Waals surface area (Å²) in [6, 6.07) is 6.82. The van der Waals surface area contributed by atoms with E-state index < -0.39 is 0 Å². The number of carbonyl (C=O) groups is 1. The van der Waals surface area contributed by atoms with Crippen LogP contribution in [0.25, 0.3) is 0 Å². The normalized spacial score (nSPS) is 10.8. The number of nitrogens with zero attached hydrogens (tertiary/aromatic N) is 2. The Labute approximate surface area is 120 Å². The van der Waals surface area contributed by atoms with Crippen molar-refractivity contribution in [3.05, 3.63) is 46.2 Å². The predicted molar refractivity (Wildman–Crippen MR) is 76.4 cm³/mol. The van der Waals surface area contributed by atoms with Crippen LogP contribution >= 0.6 is 11.6 Å². The van der Waals surface area contributed by atoms with Crippen LogP contribution in [0.5, 0.6) is 5.75 Å². The molecule has 7 heteroatoms. The Balaban J connectivity index is 2.00. The summed E-state index contributed by atoms with van der Waals surface area (Å²) >= 11 is 5.98. The van der Waals surface area contributed by atoms with Gasteiger partial charge in [-0.3, -0.25) is 9.89 Å². The average molecular weight is 293 g/mol. The molecule has 0 atom stereocenters. The summed E-state index contributed by atoms with van der Waals surface area (Å²) in [6.07, 6.45) is 1.49. The van der Waals surface area contributed by atoms with Gasteiger partial charge in [0, 0.05) is 5.69 Å². The molecule has 20 heavy (non-hydrogen) atoms. The molecule has 1 amide bonds. The van der Waals surface area contributed by atoms with Gasteiger partial charge in [-0.25, -0.2) is 5.43 Å². The highest BCUT2D eigenvalue weighted by atomic mass is 35.5. The van der Waals surface area contributed by atoms with Gasteiger partial charge in [-0.05, 0) is 36.8 Å². The van der Waals surface area contributed by atoms with Crippen molar-refractivity contribution in [3.8, 4) is 5.75 Å². The lowest BCUT2D eigenvalue weighted by atomic mass is 10.2. The second-order valence-corrected chi connectivity index (χ2v) is 4.44. The summed E-state index contributed by atoms with van der Waals surface area (Å²) in [4.78, 5) is 11.7. The smallest absolute Gasteiger partial charge is 0.291 e. The molecular weight excluding hydrogens is 280 g/mol. The van der Waals surface area contributed by atoms with Gasteiger partial charge in [0.15, 0.2) is 5.69 Å². The topological polar surface area (TPSA) is 79.4 Å². The molecule has 0 bridgehead atoms. The van der Waals surface area contributed by atoms with Crippen molar-refractivity contribution in [1.82, 2.24) is 15.6 Å². The SMILES string of the molecule is COc1ccc(C=NNC(=O)c2cc(C)[nH]n2)cc1Cl. The molecule has 2 aromatic rings. The molecule has 1 heterocycles. The van der Waals surface area contributed by atoms with E-state index in [0.29, 0.717) is 10.8 Å². The number of nitrogens with one attached hydrogen (secondary N) is 2. The first kappa shape index (κ1) is 14.1. The summed E-state index contributed by atoms with van der Waals surface area (Å²) in [5, 5.41) is 10.8. The Morgan fingerprint density at radius 1 is 1.50 bits per heavy atom. The highest BCUT2D eigenvalue weighted by Gasteiger charge is 2.07. The van der Waals surface area contributed by atoms with Crippen molar-refractivity contribution in [2.24, 2.45) is 5.10 Å². The molecule has 1 aromatic heterocycles. The number of aromatic nitrogens is 2. The van der Waals surface area contributed by atoms with Gasteiger partial charge in [0.1, 0.15) is 5.75 Å². The Morgan fingerprint density at radius 2 is 2.30 bits per heavy atom. The van der Waals surface area contributed by atoms with Crippen molar-refractivity contribution in [2.45, 2.75) is 6.92 Å². The maximum Gasteiger partial charge on any atom is 0.291 e. The summed E-state index contributed by atoms with van der Waals surface area (Å²) < 4.78 is 5.04. The lowest BCUT2D eigenvalue weighted by Crippen LogP contribution is -2.18. The lowest BCUT2D eigenvalue weighted by molar-refractivity contribution is 0.0950. The van der Waals surface area contributed by atoms with Crippen LogP contribution in [0.3, 0.4) is 0 Å². The number of aromatic amines is 1. The summed E-state index contributed by atoms with van der Waals surface area (Å²) in [6.45, 7) is 1.81. The third-order valence-electron chi connectivity index (χ3n) is 2.49. The third kappa shape index (κ3) is 3.36. The number of hydrogen-bond acceptors (Lipinski definition) is 4. The second kappa shape index (κ2) is 6.21. The molecule has 0 aliphatic rings. The maximum atomic E-state index is 11.7. The molecule has 0 aliphatic heterocycles. The maximum absolute atomic E-state index is 11.7. The molecule has 6 nitrogen and oxygen atoms in total. The van der Waals surface area contributed by atoms with Gasteiger partial charge in [-0.1, -0.05) is 11.6 Å². The van der Waals surface area contributed by atoms with Crippen LogP contribution in [-0.4, -0.2) is 29.4 Å². The van der Waals surface area contributed by atoms with E-state index in [2.05, 4.69) is 20.7 Å². The fraction of sp³-hybridized carbons (Fsp3) is 0.154. The van der Waals surface area contributed by atoms with Gasteiger partial charge >= 0.3 is 0 Å². The first-order valence-corrected chi connectivity index (χ1v) is 6.17. The minimum Gasteiger partial charge on any atom is -0.495 e. The number of amides is 1. The molecule has 2 N–H and O–H groups in total. The first-order chi connectivity index (χ1) is 9.60. The lowest BCUT2D eigenvalue weighted by Gasteiger charge is -2.02. The number of methoxy groups -OCH3 is 1. The monoisotopic (exact) mass is 292 g/mol. The molecule has 2 rings (SSSR count). The molecule has 0 spiro atoms. The number of rotatable bonds is 4. The van der Waals surface area contributed by atoms with Crippen LogP contribution < -0.4 is 10.2 Å². The van der Waals surface area contributed by atoms with Gasteiger partial charge in [0.25, 0.3) is 5.91 Å². The Bertz CT molecular complexity index is 652. The van der Waals surface area contributed by atoms with E-state index in [4.69, 9.17) is 16.3 Å². The van der Waals surface area contributed by atoms with Crippen LogP contribution in [0.2, 0.25) is 5.02 Å². The van der Waals surface area contributed by atoms with Gasteiger partial charge in [0.05, 0.1) is 18.3 Å². The first-order valence-electron chi connectivity index (χ1n) is 5.79. The van der Waals surface area contributed by atoms with E-state index in [1.54, 1.807) is 31.4 Å². The number of carbonyl (C=O) groups excluding carboxylic acids is 1. The largest absolute Gasteiger partial charge is 0.495 e. The minimum absolute atomic E-state index is 0.285. The standard InChI is InChI=1S/C13H13ClN4O2/c1-8-5-11(17-16-8)13(19)18-15-7-9-3-4-12(20-2)10(14)6-9/h3-7H,1-2H3,(H,16,17)(H,18,19). The van der Waals surface area contributed by atoms with Crippen LogP contribution in [0.15, 0.2) is 29.4 Å². The quantitative estimate of drug-likeness (QED) is 0.669. The van der Waals surface area contributed by atoms with Crippen molar-refractivity contribution < 1.29 is 9.53 Å². The van der Waals surface area contributed by atoms with E-state index in [1.807, 2.05) is 6.92 Å². The van der Waals surface area contributed by atoms with E-state index in [9.17, 15) is 4.79 Å². The van der Waals surface area contributed by atoms with E-state index >= 15 is 0 Å². The summed E-state index contributed by atoms with van der Waals surface area (Å²) in [5.41, 5.74) is 4.22. The molecule has 0 unspecified atom stereocenters. The molecule has 0 saturated heterocycles. The number of H-pyrrole nitrogens is 1. The molecule has 104 valence electrons. The van der Waals surface area contributed by atoms with Crippen LogP contribution in [0.4, 0.5) is 0 Å². The van der Waals surface area contributed by atoms with Crippen molar-refractivity contribution in [1.29, 1.82) is 0 Å². The van der Waals surface area contributed by atoms with E-state index in [1.165, 1.54) is 6.21 Å². The zero-order valence-electron chi connectivity index (χ0n) is 11.0. The highest BCUT2D eigenvalue weighted by molar-refractivity contribution is 6.32. The van der Waals surface area contributed by atoms with Gasteiger partial charge in [-0.2, -0.15) is 10.2 Å². The van der Waals surface area contributed by atoms with Crippen LogP contribution in [0.1, 0.15) is 21.7 Å². The van der Waals surface area contributed by atoms with Crippen molar-refractivity contribution >= 4 is 23.7 Å². The number of hydrazone groups is 1. The molecule has 1 aromatic carbocycles. The zero-order chi connectivity index (χ0) is 14.5. The molecular formula is C13H13ClN4O2. The number of hydrogen-bond donors (Lipinski definition) is 2. The fourth-order valence-electron chi connectivity index (χ4n) is 1.52. The Morgan fingerprint density at radius 3 is 2.90 bits per heavy atom. The summed E-state index contributed by atoms with van der Waals surface area (Å²) in [7, 11) is 1.54. The molecule has 0 fully saturated rings. The molecule has 0 aliphatic carbocycles. The van der Waals surface area contributed by atoms with Crippen molar-refractivity contribution in [3.63, 3.8) is 0 Å². The van der Waals surface area contributed by atoms with Gasteiger partial charge in [-0.15, -0.1) is 0 Å². The number of aryl methyl sites for hydroxylation is 1. The number of ether oxygens (including phenoxy) is 1. The molecule has 0 saturated carbocycles. The van der Waals surface area contributed by atoms with Crippen LogP contribution in [0, 0.1) is 6.92 Å². The zero-order valence-corrected chi connectivity index (χ0v) is 11.7. The predicted octanol–water partition coefficient (Wildman–Crippen LogP) is 2.14. The average Bonchev–Trinajstić information content (AvgIpc) is 2.85. The minimum atomic E-state index is -0.384. The van der Waals surface area contributed by atoms with Gasteiger partial charge in [0.2, 0.25) is 0 Å². The van der Waals surface area contributed by atoms with Crippen molar-refractivity contribution in [2.75, 3.05) is 7.11 Å².